The highest BCUT2D eigenvalue weighted by Gasteiger charge is 2.27. The van der Waals surface area contributed by atoms with Crippen LogP contribution >= 0.6 is 11.6 Å². The molecule has 1 fully saturated rings. The molecular weight excluding hydrogens is 240 g/mol. The van der Waals surface area contributed by atoms with Crippen molar-refractivity contribution >= 4 is 23.4 Å². The molecule has 0 saturated heterocycles. The molecule has 1 saturated carbocycles. The van der Waals surface area contributed by atoms with Gasteiger partial charge in [0, 0.05) is 18.3 Å². The molecule has 0 radical (unpaired) electrons. The van der Waals surface area contributed by atoms with E-state index in [1.165, 1.54) is 0 Å². The van der Waals surface area contributed by atoms with Crippen LogP contribution < -0.4 is 5.73 Å². The van der Waals surface area contributed by atoms with E-state index < -0.39 is 5.91 Å². The third-order valence-corrected chi connectivity index (χ3v) is 3.45. The van der Waals surface area contributed by atoms with Gasteiger partial charge >= 0.3 is 0 Å². The van der Waals surface area contributed by atoms with Gasteiger partial charge in [0.2, 0.25) is 11.8 Å². The van der Waals surface area contributed by atoms with Crippen LogP contribution in [-0.2, 0) is 9.59 Å². The highest BCUT2D eigenvalue weighted by molar-refractivity contribution is 6.17. The van der Waals surface area contributed by atoms with Crippen molar-refractivity contribution in [2.24, 2.45) is 5.73 Å². The Morgan fingerprint density at radius 1 is 1.24 bits per heavy atom. The Morgan fingerprint density at radius 3 is 2.41 bits per heavy atom. The molecule has 0 atom stereocenters. The van der Waals surface area contributed by atoms with Gasteiger partial charge < -0.3 is 10.6 Å². The predicted octanol–water partition coefficient (Wildman–Crippen LogP) is 1.65. The van der Waals surface area contributed by atoms with E-state index in [0.29, 0.717) is 12.3 Å². The molecule has 2 amide bonds. The van der Waals surface area contributed by atoms with Crippen LogP contribution in [0.3, 0.4) is 0 Å². The number of carbonyl (C=O) groups is 2. The minimum absolute atomic E-state index is 0.0424. The topological polar surface area (TPSA) is 63.4 Å². The van der Waals surface area contributed by atoms with Crippen molar-refractivity contribution in [1.82, 2.24) is 4.90 Å². The molecule has 0 aromatic carbocycles. The summed E-state index contributed by atoms with van der Waals surface area (Å²) in [4.78, 5) is 24.7. The number of carbonyl (C=O) groups excluding carboxylic acids is 2. The van der Waals surface area contributed by atoms with Crippen LogP contribution in [-0.4, -0.2) is 35.2 Å². The fraction of sp³-hybridized carbons (Fsp3) is 0.833. The van der Waals surface area contributed by atoms with Crippen molar-refractivity contribution in [1.29, 1.82) is 0 Å². The lowest BCUT2D eigenvalue weighted by Gasteiger charge is -2.27. The van der Waals surface area contributed by atoms with Gasteiger partial charge in [-0.15, -0.1) is 11.6 Å². The van der Waals surface area contributed by atoms with Crippen LogP contribution in [0, 0.1) is 0 Å². The van der Waals surface area contributed by atoms with Crippen molar-refractivity contribution in [3.63, 3.8) is 0 Å². The number of hydrogen-bond donors (Lipinski definition) is 1. The smallest absolute Gasteiger partial charge is 0.237 e. The zero-order valence-electron chi connectivity index (χ0n) is 10.2. The minimum atomic E-state index is -0.428. The van der Waals surface area contributed by atoms with Gasteiger partial charge in [-0.3, -0.25) is 9.59 Å². The average Bonchev–Trinajstić information content (AvgIpc) is 2.79. The fourth-order valence-electron chi connectivity index (χ4n) is 2.32. The number of primary amides is 1. The molecule has 4 nitrogen and oxygen atoms in total. The second kappa shape index (κ2) is 7.54. The summed E-state index contributed by atoms with van der Waals surface area (Å²) in [5, 5.41) is 0. The second-order valence-electron chi connectivity index (χ2n) is 4.57. The lowest BCUT2D eigenvalue weighted by molar-refractivity contribution is -0.137. The molecule has 0 aromatic rings. The monoisotopic (exact) mass is 260 g/mol. The Kier molecular flexibility index (Phi) is 6.34. The van der Waals surface area contributed by atoms with E-state index in [-0.39, 0.29) is 18.5 Å². The quantitative estimate of drug-likeness (QED) is 0.559. The maximum atomic E-state index is 12.0. The normalized spacial score (nSPS) is 16.1. The number of halogens is 1. The Hall–Kier alpha value is -0.770. The van der Waals surface area contributed by atoms with Crippen LogP contribution in [0.2, 0.25) is 0 Å². The molecule has 5 heteroatoms. The Labute approximate surface area is 107 Å². The van der Waals surface area contributed by atoms with E-state index in [0.717, 1.165) is 38.5 Å². The fourth-order valence-corrected chi connectivity index (χ4v) is 2.51. The first-order chi connectivity index (χ1) is 8.15. The molecular formula is C12H21ClN2O2. The van der Waals surface area contributed by atoms with E-state index in [2.05, 4.69) is 0 Å². The van der Waals surface area contributed by atoms with Crippen molar-refractivity contribution in [2.75, 3.05) is 12.4 Å². The van der Waals surface area contributed by atoms with Gasteiger partial charge in [0.25, 0.3) is 0 Å². The average molecular weight is 261 g/mol. The van der Waals surface area contributed by atoms with Gasteiger partial charge in [0.05, 0.1) is 6.54 Å². The molecule has 98 valence electrons. The molecule has 2 N–H and O–H groups in total. The number of unbranched alkanes of at least 4 members (excludes halogenated alkanes) is 1. The van der Waals surface area contributed by atoms with E-state index >= 15 is 0 Å². The summed E-state index contributed by atoms with van der Waals surface area (Å²) in [5.74, 6) is 0.190. The van der Waals surface area contributed by atoms with Crippen molar-refractivity contribution < 1.29 is 9.59 Å². The van der Waals surface area contributed by atoms with Gasteiger partial charge in [0.15, 0.2) is 0 Å². The van der Waals surface area contributed by atoms with Gasteiger partial charge in [0.1, 0.15) is 0 Å². The highest BCUT2D eigenvalue weighted by atomic mass is 35.5. The summed E-state index contributed by atoms with van der Waals surface area (Å²) in [7, 11) is 0. The second-order valence-corrected chi connectivity index (χ2v) is 4.95. The lowest BCUT2D eigenvalue weighted by atomic mass is 10.1. The first kappa shape index (κ1) is 14.3. The van der Waals surface area contributed by atoms with Crippen LogP contribution in [0.4, 0.5) is 0 Å². The summed E-state index contributed by atoms with van der Waals surface area (Å²) in [5.41, 5.74) is 5.20. The SMILES string of the molecule is NC(=O)CN(C(=O)CCCCCl)C1CCCC1. The Bertz CT molecular complexity index is 265. The summed E-state index contributed by atoms with van der Waals surface area (Å²) in [6.07, 6.45) is 6.34. The number of nitrogens with two attached hydrogens (primary N) is 1. The third kappa shape index (κ3) is 4.94. The standard InChI is InChI=1S/C12H21ClN2O2/c13-8-4-3-7-12(17)15(9-11(14)16)10-5-1-2-6-10/h10H,1-9H2,(H2,14,16). The minimum Gasteiger partial charge on any atom is -0.368 e. The number of rotatable bonds is 7. The molecule has 0 heterocycles. The van der Waals surface area contributed by atoms with E-state index in [1.807, 2.05) is 0 Å². The van der Waals surface area contributed by atoms with Gasteiger partial charge in [-0.2, -0.15) is 0 Å². The van der Waals surface area contributed by atoms with Crippen molar-refractivity contribution in [3.05, 3.63) is 0 Å². The van der Waals surface area contributed by atoms with Gasteiger partial charge in [-0.25, -0.2) is 0 Å². The number of amides is 2. The lowest BCUT2D eigenvalue weighted by Crippen LogP contribution is -2.44. The number of hydrogen-bond acceptors (Lipinski definition) is 2. The van der Waals surface area contributed by atoms with Crippen LogP contribution in [0.15, 0.2) is 0 Å². The number of nitrogens with zero attached hydrogens (tertiary/aromatic N) is 1. The van der Waals surface area contributed by atoms with Crippen LogP contribution in [0.25, 0.3) is 0 Å². The molecule has 0 spiro atoms. The molecule has 1 aliphatic carbocycles. The van der Waals surface area contributed by atoms with Gasteiger partial charge in [-0.05, 0) is 25.7 Å². The first-order valence-electron chi connectivity index (χ1n) is 6.29. The zero-order chi connectivity index (χ0) is 12.7. The summed E-state index contributed by atoms with van der Waals surface area (Å²) in [6.45, 7) is 0.0599. The van der Waals surface area contributed by atoms with Crippen molar-refractivity contribution in [3.8, 4) is 0 Å². The summed E-state index contributed by atoms with van der Waals surface area (Å²) < 4.78 is 0. The van der Waals surface area contributed by atoms with E-state index in [9.17, 15) is 9.59 Å². The molecule has 1 rings (SSSR count). The molecule has 1 aliphatic rings. The van der Waals surface area contributed by atoms with E-state index in [4.69, 9.17) is 17.3 Å². The summed E-state index contributed by atoms with van der Waals surface area (Å²) in [6, 6.07) is 0.214. The highest BCUT2D eigenvalue weighted by Crippen LogP contribution is 2.24. The van der Waals surface area contributed by atoms with Crippen LogP contribution in [0.1, 0.15) is 44.9 Å². The number of alkyl halides is 1. The third-order valence-electron chi connectivity index (χ3n) is 3.19. The first-order valence-corrected chi connectivity index (χ1v) is 6.82. The summed E-state index contributed by atoms with van der Waals surface area (Å²) >= 11 is 5.58. The molecule has 0 aliphatic heterocycles. The Balaban J connectivity index is 2.48. The molecule has 0 aromatic heterocycles. The van der Waals surface area contributed by atoms with Crippen LogP contribution in [0.5, 0.6) is 0 Å². The molecule has 17 heavy (non-hydrogen) atoms. The maximum absolute atomic E-state index is 12.0. The largest absolute Gasteiger partial charge is 0.368 e. The molecule has 0 bridgehead atoms. The van der Waals surface area contributed by atoms with E-state index in [1.54, 1.807) is 4.90 Å². The van der Waals surface area contributed by atoms with Gasteiger partial charge in [-0.1, -0.05) is 12.8 Å². The Morgan fingerprint density at radius 2 is 1.88 bits per heavy atom. The maximum Gasteiger partial charge on any atom is 0.237 e. The van der Waals surface area contributed by atoms with Crippen molar-refractivity contribution in [2.45, 2.75) is 51.0 Å². The predicted molar refractivity (Wildman–Crippen MR) is 67.7 cm³/mol. The zero-order valence-corrected chi connectivity index (χ0v) is 10.9. The molecule has 0 unspecified atom stereocenters.